The van der Waals surface area contributed by atoms with Gasteiger partial charge < -0.3 is 14.8 Å². The molecule has 1 fully saturated rings. The van der Waals surface area contributed by atoms with Crippen LogP contribution in [0.15, 0.2) is 65.3 Å². The Balaban J connectivity index is 1.31. The first-order chi connectivity index (χ1) is 14.2. The first-order valence-electron chi connectivity index (χ1n) is 9.24. The van der Waals surface area contributed by atoms with Crippen LogP contribution in [0.2, 0.25) is 0 Å². The summed E-state index contributed by atoms with van der Waals surface area (Å²) >= 11 is 0. The van der Waals surface area contributed by atoms with Gasteiger partial charge in [-0.1, -0.05) is 53.7 Å². The molecule has 2 aromatic heterocycles. The van der Waals surface area contributed by atoms with E-state index < -0.39 is 12.1 Å². The maximum absolute atomic E-state index is 12.8. The number of aromatic amines is 1. The van der Waals surface area contributed by atoms with Gasteiger partial charge in [0.05, 0.1) is 0 Å². The van der Waals surface area contributed by atoms with E-state index in [1.807, 2.05) is 60.8 Å². The van der Waals surface area contributed by atoms with Gasteiger partial charge in [0.1, 0.15) is 12.6 Å². The molecule has 8 heteroatoms. The lowest BCUT2D eigenvalue weighted by Crippen LogP contribution is -2.32. The highest BCUT2D eigenvalue weighted by molar-refractivity contribution is 6.04. The molecule has 0 bridgehead atoms. The predicted molar refractivity (Wildman–Crippen MR) is 105 cm³/mol. The number of carbonyl (C=O) groups excluding carboxylic acids is 2. The Morgan fingerprint density at radius 2 is 1.83 bits per heavy atom. The average molecular weight is 387 g/mol. The summed E-state index contributed by atoms with van der Waals surface area (Å²) in [6, 6.07) is 16.1. The molecule has 2 N–H and O–H groups in total. The molecule has 1 saturated heterocycles. The van der Waals surface area contributed by atoms with Crippen molar-refractivity contribution >= 4 is 22.8 Å². The van der Waals surface area contributed by atoms with Gasteiger partial charge >= 0.3 is 6.03 Å². The van der Waals surface area contributed by atoms with E-state index >= 15 is 0 Å². The fraction of sp³-hybridized carbons (Fsp3) is 0.143. The summed E-state index contributed by atoms with van der Waals surface area (Å²) in [6.45, 7) is -0.0606. The van der Waals surface area contributed by atoms with Gasteiger partial charge in [0.25, 0.3) is 5.91 Å². The second kappa shape index (κ2) is 6.90. The van der Waals surface area contributed by atoms with Crippen LogP contribution < -0.4 is 5.32 Å². The highest BCUT2D eigenvalue weighted by atomic mass is 16.5. The van der Waals surface area contributed by atoms with E-state index in [0.29, 0.717) is 12.2 Å². The summed E-state index contributed by atoms with van der Waals surface area (Å²) in [5.74, 6) is 0.322. The Morgan fingerprint density at radius 3 is 2.69 bits per heavy atom. The molecular formula is C21H17N5O3. The van der Waals surface area contributed by atoms with Crippen LogP contribution in [0.25, 0.3) is 22.3 Å². The molecule has 1 aliphatic rings. The molecule has 0 spiro atoms. The number of carbonyl (C=O) groups is 2. The summed E-state index contributed by atoms with van der Waals surface area (Å²) in [7, 11) is 0. The fourth-order valence-corrected chi connectivity index (χ4v) is 3.54. The van der Waals surface area contributed by atoms with Crippen LogP contribution in [0, 0.1) is 0 Å². The van der Waals surface area contributed by atoms with Crippen LogP contribution >= 0.6 is 0 Å². The number of nitrogens with zero attached hydrogens (tertiary/aromatic N) is 3. The standard InChI is InChI=1S/C21H17N5O3/c27-20-17(10-14-11-22-16-9-5-4-8-15(14)16)23-21(28)26(20)12-18-24-19(25-29-18)13-6-2-1-3-7-13/h1-9,11,17,22H,10,12H2,(H,23,28)/t17-/m0/s1. The number of rotatable bonds is 5. The van der Waals surface area contributed by atoms with Crippen molar-refractivity contribution in [1.29, 1.82) is 0 Å². The highest BCUT2D eigenvalue weighted by Crippen LogP contribution is 2.22. The molecule has 4 aromatic rings. The van der Waals surface area contributed by atoms with Gasteiger partial charge in [-0.05, 0) is 11.6 Å². The molecule has 8 nitrogen and oxygen atoms in total. The van der Waals surface area contributed by atoms with Crippen LogP contribution in [-0.2, 0) is 17.8 Å². The van der Waals surface area contributed by atoms with E-state index in [1.165, 1.54) is 0 Å². The van der Waals surface area contributed by atoms with Crippen molar-refractivity contribution in [3.63, 3.8) is 0 Å². The van der Waals surface area contributed by atoms with Crippen LogP contribution in [0.5, 0.6) is 0 Å². The van der Waals surface area contributed by atoms with Crippen molar-refractivity contribution in [3.05, 3.63) is 72.2 Å². The van der Waals surface area contributed by atoms with Crippen LogP contribution in [0.4, 0.5) is 4.79 Å². The molecule has 1 aliphatic heterocycles. The Kier molecular flexibility index (Phi) is 4.09. The highest BCUT2D eigenvalue weighted by Gasteiger charge is 2.39. The number of aromatic nitrogens is 3. The SMILES string of the molecule is O=C1N[C@@H](Cc2c[nH]c3ccccc23)C(=O)N1Cc1nc(-c2ccccc2)no1. The Morgan fingerprint density at radius 1 is 1.03 bits per heavy atom. The molecule has 3 heterocycles. The molecule has 0 saturated carbocycles. The van der Waals surface area contributed by atoms with E-state index in [9.17, 15) is 9.59 Å². The van der Waals surface area contributed by atoms with Crippen molar-refractivity contribution in [2.24, 2.45) is 0 Å². The Bertz CT molecular complexity index is 1200. The second-order valence-electron chi connectivity index (χ2n) is 6.87. The number of fused-ring (bicyclic) bond motifs is 1. The summed E-state index contributed by atoms with van der Waals surface area (Å²) in [5, 5.41) is 7.72. The van der Waals surface area contributed by atoms with Gasteiger partial charge in [0.2, 0.25) is 11.7 Å². The molecule has 5 rings (SSSR count). The van der Waals surface area contributed by atoms with Gasteiger partial charge in [-0.3, -0.25) is 9.69 Å². The number of H-pyrrole nitrogens is 1. The Hall–Kier alpha value is -3.94. The van der Waals surface area contributed by atoms with Gasteiger partial charge in [-0.2, -0.15) is 4.98 Å². The minimum absolute atomic E-state index is 0.0606. The number of imide groups is 1. The van der Waals surface area contributed by atoms with Gasteiger partial charge in [-0.25, -0.2) is 4.79 Å². The van der Waals surface area contributed by atoms with Crippen molar-refractivity contribution in [2.75, 3.05) is 0 Å². The van der Waals surface area contributed by atoms with Crippen LogP contribution in [0.3, 0.4) is 0 Å². The zero-order valence-electron chi connectivity index (χ0n) is 15.3. The average Bonchev–Trinajstić information content (AvgIpc) is 3.45. The fourth-order valence-electron chi connectivity index (χ4n) is 3.54. The van der Waals surface area contributed by atoms with Crippen molar-refractivity contribution < 1.29 is 14.1 Å². The van der Waals surface area contributed by atoms with E-state index in [2.05, 4.69) is 20.4 Å². The molecular weight excluding hydrogens is 370 g/mol. The van der Waals surface area contributed by atoms with Gasteiger partial charge in [0, 0.05) is 29.1 Å². The molecule has 0 unspecified atom stereocenters. The van der Waals surface area contributed by atoms with Crippen molar-refractivity contribution in [3.8, 4) is 11.4 Å². The number of hydrogen-bond donors (Lipinski definition) is 2. The minimum atomic E-state index is -0.627. The molecule has 29 heavy (non-hydrogen) atoms. The third-order valence-electron chi connectivity index (χ3n) is 5.00. The normalized spacial score (nSPS) is 16.6. The monoisotopic (exact) mass is 387 g/mol. The lowest BCUT2D eigenvalue weighted by molar-refractivity contribution is -0.128. The summed E-state index contributed by atoms with van der Waals surface area (Å²) in [4.78, 5) is 33.8. The second-order valence-corrected chi connectivity index (χ2v) is 6.87. The van der Waals surface area contributed by atoms with Gasteiger partial charge in [0.15, 0.2) is 0 Å². The molecule has 1 atom stereocenters. The van der Waals surface area contributed by atoms with E-state index in [4.69, 9.17) is 4.52 Å². The number of nitrogens with one attached hydrogen (secondary N) is 2. The maximum atomic E-state index is 12.8. The minimum Gasteiger partial charge on any atom is -0.361 e. The molecule has 0 aliphatic carbocycles. The van der Waals surface area contributed by atoms with Crippen LogP contribution in [-0.4, -0.2) is 38.0 Å². The largest absolute Gasteiger partial charge is 0.361 e. The smallest absolute Gasteiger partial charge is 0.325 e. The number of para-hydroxylation sites is 1. The zero-order chi connectivity index (χ0) is 19.8. The lowest BCUT2D eigenvalue weighted by atomic mass is 10.1. The predicted octanol–water partition coefficient (Wildman–Crippen LogP) is 2.88. The molecule has 144 valence electrons. The molecule has 0 radical (unpaired) electrons. The quantitative estimate of drug-likeness (QED) is 0.513. The molecule has 3 amide bonds. The number of amides is 3. The lowest BCUT2D eigenvalue weighted by Gasteiger charge is -2.10. The van der Waals surface area contributed by atoms with Crippen molar-refractivity contribution in [2.45, 2.75) is 19.0 Å². The van der Waals surface area contributed by atoms with E-state index in [0.717, 1.165) is 26.9 Å². The first kappa shape index (κ1) is 17.2. The van der Waals surface area contributed by atoms with Crippen LogP contribution in [0.1, 0.15) is 11.5 Å². The Labute approximate surface area is 165 Å². The maximum Gasteiger partial charge on any atom is 0.325 e. The number of benzene rings is 2. The number of urea groups is 1. The summed E-state index contributed by atoms with van der Waals surface area (Å²) < 4.78 is 5.24. The van der Waals surface area contributed by atoms with E-state index in [-0.39, 0.29) is 18.3 Å². The zero-order valence-corrected chi connectivity index (χ0v) is 15.3. The first-order valence-corrected chi connectivity index (χ1v) is 9.24. The van der Waals surface area contributed by atoms with E-state index in [1.54, 1.807) is 0 Å². The molecule has 2 aromatic carbocycles. The third-order valence-corrected chi connectivity index (χ3v) is 5.00. The summed E-state index contributed by atoms with van der Waals surface area (Å²) in [5.41, 5.74) is 2.78. The van der Waals surface area contributed by atoms with Crippen molar-refractivity contribution in [1.82, 2.24) is 25.3 Å². The topological polar surface area (TPSA) is 104 Å². The summed E-state index contributed by atoms with van der Waals surface area (Å²) in [6.07, 6.45) is 2.28. The third kappa shape index (κ3) is 3.14. The van der Waals surface area contributed by atoms with Gasteiger partial charge in [-0.15, -0.1) is 0 Å². The number of hydrogen-bond acceptors (Lipinski definition) is 5.